The lowest BCUT2D eigenvalue weighted by Gasteiger charge is -2.29. The molecule has 1 aromatic heterocycles. The Morgan fingerprint density at radius 1 is 1.55 bits per heavy atom. The highest BCUT2D eigenvalue weighted by atomic mass is 16.2. The maximum absolute atomic E-state index is 12.4. The molecule has 0 spiro atoms. The van der Waals surface area contributed by atoms with Crippen LogP contribution in [0.15, 0.2) is 17.2 Å². The number of aromatic nitrogens is 2. The van der Waals surface area contributed by atoms with Crippen molar-refractivity contribution in [2.75, 3.05) is 26.2 Å². The molecule has 0 aromatic carbocycles. The van der Waals surface area contributed by atoms with Crippen LogP contribution in [-0.4, -0.2) is 47.0 Å². The summed E-state index contributed by atoms with van der Waals surface area (Å²) in [6.07, 6.45) is 5.77. The molecule has 1 amide bonds. The quantitative estimate of drug-likeness (QED) is 0.827. The number of carbonyl (C=O) groups excluding carboxylic acids is 1. The van der Waals surface area contributed by atoms with E-state index in [2.05, 4.69) is 22.2 Å². The van der Waals surface area contributed by atoms with Gasteiger partial charge in [-0.15, -0.1) is 0 Å². The zero-order chi connectivity index (χ0) is 14.4. The molecule has 2 N–H and O–H groups in total. The van der Waals surface area contributed by atoms with Gasteiger partial charge in [0.15, 0.2) is 0 Å². The molecule has 6 nitrogen and oxygen atoms in total. The monoisotopic (exact) mass is 278 g/mol. The van der Waals surface area contributed by atoms with Crippen LogP contribution in [0.25, 0.3) is 0 Å². The van der Waals surface area contributed by atoms with Crippen molar-refractivity contribution >= 4 is 5.91 Å². The molecule has 1 aliphatic heterocycles. The largest absolute Gasteiger partial charge is 0.337 e. The predicted octanol–water partition coefficient (Wildman–Crippen LogP) is 0.622. The van der Waals surface area contributed by atoms with Gasteiger partial charge < -0.3 is 15.2 Å². The highest BCUT2D eigenvalue weighted by Gasteiger charge is 2.22. The Balaban J connectivity index is 2.04. The second-order valence-corrected chi connectivity index (χ2v) is 5.26. The van der Waals surface area contributed by atoms with E-state index in [1.165, 1.54) is 6.20 Å². The fourth-order valence-corrected chi connectivity index (χ4v) is 2.56. The number of aromatic amines is 1. The lowest BCUT2D eigenvalue weighted by molar-refractivity contribution is 0.0712. The smallest absolute Gasteiger partial charge is 0.273 e. The lowest BCUT2D eigenvalue weighted by atomic mass is 9.99. The van der Waals surface area contributed by atoms with Gasteiger partial charge in [0.2, 0.25) is 0 Å². The van der Waals surface area contributed by atoms with E-state index in [0.717, 1.165) is 51.6 Å². The minimum atomic E-state index is -0.292. The van der Waals surface area contributed by atoms with Crippen molar-refractivity contribution in [1.82, 2.24) is 20.2 Å². The number of hydrogen-bond acceptors (Lipinski definition) is 4. The van der Waals surface area contributed by atoms with Crippen molar-refractivity contribution in [2.45, 2.75) is 26.2 Å². The van der Waals surface area contributed by atoms with Crippen LogP contribution < -0.4 is 10.9 Å². The molecule has 0 aliphatic carbocycles. The molecular weight excluding hydrogens is 256 g/mol. The van der Waals surface area contributed by atoms with E-state index in [9.17, 15) is 9.59 Å². The third-order valence-electron chi connectivity index (χ3n) is 3.55. The van der Waals surface area contributed by atoms with E-state index in [-0.39, 0.29) is 11.5 Å². The van der Waals surface area contributed by atoms with Crippen molar-refractivity contribution in [1.29, 1.82) is 0 Å². The van der Waals surface area contributed by atoms with Crippen molar-refractivity contribution in [2.24, 2.45) is 5.92 Å². The Hall–Kier alpha value is -1.69. The van der Waals surface area contributed by atoms with Crippen LogP contribution in [0.2, 0.25) is 0 Å². The van der Waals surface area contributed by atoms with Crippen LogP contribution in [0.1, 0.15) is 36.7 Å². The van der Waals surface area contributed by atoms with Gasteiger partial charge in [-0.05, 0) is 38.3 Å². The molecule has 0 saturated carbocycles. The summed E-state index contributed by atoms with van der Waals surface area (Å²) in [5.41, 5.74) is 0.0156. The van der Waals surface area contributed by atoms with Gasteiger partial charge in [-0.3, -0.25) is 9.59 Å². The summed E-state index contributed by atoms with van der Waals surface area (Å²) in [5, 5.41) is 3.37. The topological polar surface area (TPSA) is 78.1 Å². The Kier molecular flexibility index (Phi) is 5.29. The third kappa shape index (κ3) is 3.90. The summed E-state index contributed by atoms with van der Waals surface area (Å²) in [7, 11) is 0. The number of rotatable bonds is 5. The third-order valence-corrected chi connectivity index (χ3v) is 3.55. The van der Waals surface area contributed by atoms with E-state index in [0.29, 0.717) is 11.6 Å². The Labute approximate surface area is 118 Å². The molecule has 1 aromatic rings. The first-order valence-corrected chi connectivity index (χ1v) is 7.25. The van der Waals surface area contributed by atoms with Gasteiger partial charge in [-0.1, -0.05) is 6.92 Å². The number of hydrogen-bond donors (Lipinski definition) is 2. The van der Waals surface area contributed by atoms with Crippen LogP contribution in [0.4, 0.5) is 0 Å². The molecule has 1 aliphatic rings. The predicted molar refractivity (Wildman–Crippen MR) is 76.6 cm³/mol. The van der Waals surface area contributed by atoms with Gasteiger partial charge in [0.25, 0.3) is 11.5 Å². The van der Waals surface area contributed by atoms with Crippen molar-refractivity contribution in [3.8, 4) is 0 Å². The van der Waals surface area contributed by atoms with E-state index in [4.69, 9.17) is 0 Å². The number of nitrogens with zero attached hydrogens (tertiary/aromatic N) is 2. The summed E-state index contributed by atoms with van der Waals surface area (Å²) in [4.78, 5) is 31.7. The SMILES string of the molecule is CCCN(CC1CCCNC1)C(=O)c1c[nH]c(=O)cn1. The zero-order valence-corrected chi connectivity index (χ0v) is 11.9. The van der Waals surface area contributed by atoms with Gasteiger partial charge in [0.1, 0.15) is 5.69 Å². The highest BCUT2D eigenvalue weighted by Crippen LogP contribution is 2.13. The van der Waals surface area contributed by atoms with Crippen LogP contribution in [0.5, 0.6) is 0 Å². The molecule has 1 atom stereocenters. The number of amides is 1. The van der Waals surface area contributed by atoms with E-state index >= 15 is 0 Å². The summed E-state index contributed by atoms with van der Waals surface area (Å²) < 4.78 is 0. The van der Waals surface area contributed by atoms with E-state index in [1.807, 2.05) is 4.90 Å². The van der Waals surface area contributed by atoms with Crippen LogP contribution in [0.3, 0.4) is 0 Å². The minimum Gasteiger partial charge on any atom is -0.337 e. The number of piperidine rings is 1. The van der Waals surface area contributed by atoms with Crippen molar-refractivity contribution in [3.63, 3.8) is 0 Å². The summed E-state index contributed by atoms with van der Waals surface area (Å²) >= 11 is 0. The van der Waals surface area contributed by atoms with Crippen LogP contribution in [-0.2, 0) is 0 Å². The van der Waals surface area contributed by atoms with Gasteiger partial charge in [0.05, 0.1) is 6.20 Å². The first-order valence-electron chi connectivity index (χ1n) is 7.25. The second-order valence-electron chi connectivity index (χ2n) is 5.26. The Morgan fingerprint density at radius 2 is 2.40 bits per heavy atom. The van der Waals surface area contributed by atoms with Gasteiger partial charge in [0, 0.05) is 19.3 Å². The molecule has 2 rings (SSSR count). The maximum Gasteiger partial charge on any atom is 0.273 e. The molecule has 2 heterocycles. The fourth-order valence-electron chi connectivity index (χ4n) is 2.56. The molecule has 6 heteroatoms. The van der Waals surface area contributed by atoms with Crippen LogP contribution in [0, 0.1) is 5.92 Å². The summed E-state index contributed by atoms with van der Waals surface area (Å²) in [5.74, 6) is 0.399. The van der Waals surface area contributed by atoms with Gasteiger partial charge >= 0.3 is 0 Å². The van der Waals surface area contributed by atoms with E-state index in [1.54, 1.807) is 0 Å². The molecule has 0 bridgehead atoms. The summed E-state index contributed by atoms with van der Waals surface area (Å²) in [6, 6.07) is 0. The molecule has 1 unspecified atom stereocenters. The molecule has 0 radical (unpaired) electrons. The highest BCUT2D eigenvalue weighted by molar-refractivity contribution is 5.91. The standard InChI is InChI=1S/C14H22N4O2/c1-2-6-18(10-11-4-3-5-15-7-11)14(20)12-8-17-13(19)9-16-12/h8-9,11,15H,2-7,10H2,1H3,(H,17,19). The average Bonchev–Trinajstić information content (AvgIpc) is 2.48. The average molecular weight is 278 g/mol. The van der Waals surface area contributed by atoms with Crippen molar-refractivity contribution < 1.29 is 4.79 Å². The first-order chi connectivity index (χ1) is 9.70. The molecule has 1 fully saturated rings. The zero-order valence-electron chi connectivity index (χ0n) is 11.9. The normalized spacial score (nSPS) is 18.8. The van der Waals surface area contributed by atoms with Crippen molar-refractivity contribution in [3.05, 3.63) is 28.4 Å². The number of H-pyrrole nitrogens is 1. The van der Waals surface area contributed by atoms with Crippen LogP contribution >= 0.6 is 0 Å². The Morgan fingerprint density at radius 3 is 3.00 bits per heavy atom. The molecule has 110 valence electrons. The number of nitrogens with one attached hydrogen (secondary N) is 2. The summed E-state index contributed by atoms with van der Waals surface area (Å²) in [6.45, 7) is 5.56. The number of carbonyl (C=O) groups is 1. The van der Waals surface area contributed by atoms with Gasteiger partial charge in [-0.25, -0.2) is 4.98 Å². The lowest BCUT2D eigenvalue weighted by Crippen LogP contribution is -2.41. The molecule has 20 heavy (non-hydrogen) atoms. The minimum absolute atomic E-state index is 0.103. The first kappa shape index (κ1) is 14.7. The second kappa shape index (κ2) is 7.19. The molecular formula is C14H22N4O2. The van der Waals surface area contributed by atoms with E-state index < -0.39 is 0 Å². The van der Waals surface area contributed by atoms with Gasteiger partial charge in [-0.2, -0.15) is 0 Å². The molecule has 1 saturated heterocycles. The fraction of sp³-hybridized carbons (Fsp3) is 0.643. The Bertz CT molecular complexity index is 474. The maximum atomic E-state index is 12.4.